The maximum Gasteiger partial charge on any atom is 0.250 e. The van der Waals surface area contributed by atoms with Crippen LogP contribution in [0.3, 0.4) is 0 Å². The normalized spacial score (nSPS) is 16.1. The first-order valence-electron chi connectivity index (χ1n) is 7.48. The van der Waals surface area contributed by atoms with Crippen molar-refractivity contribution in [1.82, 2.24) is 20.3 Å². The number of nitrogens with zero attached hydrogens (tertiary/aromatic N) is 4. The molecule has 0 saturated carbocycles. The van der Waals surface area contributed by atoms with Crippen molar-refractivity contribution in [3.63, 3.8) is 0 Å². The van der Waals surface area contributed by atoms with Crippen LogP contribution in [0.15, 0.2) is 24.3 Å². The molecule has 1 aliphatic rings. The molecule has 1 aromatic heterocycles. The molecule has 0 aliphatic carbocycles. The molecule has 2 heterocycles. The lowest BCUT2D eigenvalue weighted by molar-refractivity contribution is 0.724. The van der Waals surface area contributed by atoms with Crippen LogP contribution < -0.4 is 10.2 Å². The molecule has 3 rings (SSSR count). The van der Waals surface area contributed by atoms with E-state index in [1.807, 2.05) is 12.1 Å². The lowest BCUT2D eigenvalue weighted by atomic mass is 10.2. The third kappa shape index (κ3) is 4.41. The van der Waals surface area contributed by atoms with Crippen molar-refractivity contribution in [2.45, 2.75) is 10.2 Å². The summed E-state index contributed by atoms with van der Waals surface area (Å²) in [6, 6.07) is 7.24. The fourth-order valence-corrected chi connectivity index (χ4v) is 2.88. The predicted octanol–water partition coefficient (Wildman–Crippen LogP) is 3.82. The number of halogens is 4. The molecule has 24 heavy (non-hydrogen) atoms. The molecule has 5 nitrogen and oxygen atoms in total. The second-order valence-electron chi connectivity index (χ2n) is 5.38. The van der Waals surface area contributed by atoms with Gasteiger partial charge in [-0.2, -0.15) is 9.97 Å². The maximum atomic E-state index is 6.07. The van der Waals surface area contributed by atoms with Gasteiger partial charge in [0.2, 0.25) is 9.74 Å². The van der Waals surface area contributed by atoms with Crippen LogP contribution in [-0.2, 0) is 3.79 Å². The van der Waals surface area contributed by atoms with Crippen molar-refractivity contribution < 1.29 is 0 Å². The van der Waals surface area contributed by atoms with Crippen LogP contribution in [0.5, 0.6) is 0 Å². The first kappa shape index (κ1) is 18.0. The number of anilines is 1. The minimum Gasteiger partial charge on any atom is -0.339 e. The zero-order valence-electron chi connectivity index (χ0n) is 12.6. The standard InChI is InChI=1S/C15H15Cl4N5/c16-11-4-1-3-10(9-11)12-21-13(15(17,18)19)23-14(22-12)24-7-2-5-20-6-8-24/h1,3-4,9,20H,2,5-8H2. The highest BCUT2D eigenvalue weighted by Crippen LogP contribution is 2.37. The third-order valence-electron chi connectivity index (χ3n) is 3.58. The van der Waals surface area contributed by atoms with E-state index in [9.17, 15) is 0 Å². The SMILES string of the molecule is Clc1cccc(-c2nc(N3CCCNCC3)nc(C(Cl)(Cl)Cl)n2)c1. The van der Waals surface area contributed by atoms with E-state index in [4.69, 9.17) is 46.4 Å². The zero-order valence-corrected chi connectivity index (χ0v) is 15.7. The van der Waals surface area contributed by atoms with Gasteiger partial charge in [0.15, 0.2) is 11.6 Å². The van der Waals surface area contributed by atoms with Gasteiger partial charge < -0.3 is 10.2 Å². The van der Waals surface area contributed by atoms with E-state index in [0.29, 0.717) is 16.8 Å². The summed E-state index contributed by atoms with van der Waals surface area (Å²) in [5.41, 5.74) is 0.745. The third-order valence-corrected chi connectivity index (χ3v) is 4.33. The van der Waals surface area contributed by atoms with E-state index in [1.165, 1.54) is 0 Å². The molecule has 0 radical (unpaired) electrons. The van der Waals surface area contributed by atoms with Crippen LogP contribution in [0.2, 0.25) is 5.02 Å². The largest absolute Gasteiger partial charge is 0.339 e. The van der Waals surface area contributed by atoms with Crippen molar-refractivity contribution in [3.05, 3.63) is 35.1 Å². The van der Waals surface area contributed by atoms with Crippen molar-refractivity contribution in [2.24, 2.45) is 0 Å². The number of hydrogen-bond donors (Lipinski definition) is 1. The Morgan fingerprint density at radius 1 is 1.04 bits per heavy atom. The maximum absolute atomic E-state index is 6.07. The van der Waals surface area contributed by atoms with Gasteiger partial charge in [-0.05, 0) is 25.1 Å². The smallest absolute Gasteiger partial charge is 0.250 e. The number of nitrogens with one attached hydrogen (secondary N) is 1. The molecule has 1 saturated heterocycles. The van der Waals surface area contributed by atoms with Crippen LogP contribution in [0.25, 0.3) is 11.4 Å². The van der Waals surface area contributed by atoms with E-state index in [1.54, 1.807) is 12.1 Å². The number of hydrogen-bond acceptors (Lipinski definition) is 5. The summed E-state index contributed by atoms with van der Waals surface area (Å²) < 4.78 is -1.73. The van der Waals surface area contributed by atoms with Gasteiger partial charge in [0.05, 0.1) is 0 Å². The van der Waals surface area contributed by atoms with Gasteiger partial charge in [-0.15, -0.1) is 0 Å². The molecule has 0 spiro atoms. The minimum atomic E-state index is -1.73. The fraction of sp³-hybridized carbons (Fsp3) is 0.400. The Hall–Kier alpha value is -0.850. The predicted molar refractivity (Wildman–Crippen MR) is 99.2 cm³/mol. The molecule has 0 atom stereocenters. The topological polar surface area (TPSA) is 53.9 Å². The van der Waals surface area contributed by atoms with E-state index in [-0.39, 0.29) is 5.82 Å². The van der Waals surface area contributed by atoms with Crippen LogP contribution in [0.4, 0.5) is 5.95 Å². The lowest BCUT2D eigenvalue weighted by Crippen LogP contribution is -2.30. The molecule has 9 heteroatoms. The quantitative estimate of drug-likeness (QED) is 0.768. The summed E-state index contributed by atoms with van der Waals surface area (Å²) in [6.45, 7) is 3.41. The number of benzene rings is 1. The van der Waals surface area contributed by atoms with E-state index in [0.717, 1.165) is 38.2 Å². The Balaban J connectivity index is 2.06. The summed E-state index contributed by atoms with van der Waals surface area (Å²) in [7, 11) is 0. The van der Waals surface area contributed by atoms with Crippen LogP contribution in [0.1, 0.15) is 12.2 Å². The summed E-state index contributed by atoms with van der Waals surface area (Å²) in [5, 5.41) is 3.92. The van der Waals surface area contributed by atoms with Crippen LogP contribution in [-0.4, -0.2) is 41.1 Å². The Kier molecular flexibility index (Phi) is 5.67. The summed E-state index contributed by atoms with van der Waals surface area (Å²) in [4.78, 5) is 15.3. The first-order valence-corrected chi connectivity index (χ1v) is 8.99. The van der Waals surface area contributed by atoms with E-state index >= 15 is 0 Å². The number of aromatic nitrogens is 3. The van der Waals surface area contributed by atoms with Gasteiger partial charge in [-0.1, -0.05) is 58.5 Å². The molecule has 0 bridgehead atoms. The van der Waals surface area contributed by atoms with Crippen molar-refractivity contribution in [2.75, 3.05) is 31.1 Å². The van der Waals surface area contributed by atoms with Crippen LogP contribution >= 0.6 is 46.4 Å². The zero-order chi connectivity index (χ0) is 17.2. The van der Waals surface area contributed by atoms with Gasteiger partial charge in [0.25, 0.3) is 0 Å². The molecular formula is C15H15Cl4N5. The second kappa shape index (κ2) is 7.58. The lowest BCUT2D eigenvalue weighted by Gasteiger charge is -2.22. The highest BCUT2D eigenvalue weighted by Gasteiger charge is 2.29. The number of rotatable bonds is 2. The van der Waals surface area contributed by atoms with Crippen molar-refractivity contribution in [3.8, 4) is 11.4 Å². The molecular weight excluding hydrogens is 392 g/mol. The first-order chi connectivity index (χ1) is 11.4. The monoisotopic (exact) mass is 405 g/mol. The Labute approximate surface area is 160 Å². The van der Waals surface area contributed by atoms with E-state index < -0.39 is 3.79 Å². The van der Waals surface area contributed by atoms with Crippen molar-refractivity contribution >= 4 is 52.4 Å². The fourth-order valence-electron chi connectivity index (χ4n) is 2.44. The average Bonchev–Trinajstić information content (AvgIpc) is 2.83. The second-order valence-corrected chi connectivity index (χ2v) is 8.10. The minimum absolute atomic E-state index is 0.102. The van der Waals surface area contributed by atoms with Crippen LogP contribution in [0, 0.1) is 0 Å². The molecule has 1 aliphatic heterocycles. The van der Waals surface area contributed by atoms with Gasteiger partial charge in [-0.3, -0.25) is 0 Å². The highest BCUT2D eigenvalue weighted by atomic mass is 35.6. The van der Waals surface area contributed by atoms with Crippen molar-refractivity contribution in [1.29, 1.82) is 0 Å². The Bertz CT molecular complexity index is 711. The average molecular weight is 407 g/mol. The van der Waals surface area contributed by atoms with Gasteiger partial charge in [0.1, 0.15) is 0 Å². The Morgan fingerprint density at radius 3 is 2.62 bits per heavy atom. The molecule has 1 fully saturated rings. The molecule has 0 unspecified atom stereocenters. The van der Waals surface area contributed by atoms with Gasteiger partial charge >= 0.3 is 0 Å². The summed E-state index contributed by atoms with van der Waals surface area (Å²) in [6.07, 6.45) is 0.987. The molecule has 0 amide bonds. The molecule has 128 valence electrons. The molecule has 2 aromatic rings. The number of alkyl halides is 3. The van der Waals surface area contributed by atoms with Gasteiger partial charge in [-0.25, -0.2) is 4.98 Å². The highest BCUT2D eigenvalue weighted by molar-refractivity contribution is 6.66. The summed E-state index contributed by atoms with van der Waals surface area (Å²) in [5.74, 6) is 1.04. The molecule has 1 aromatic carbocycles. The summed E-state index contributed by atoms with van der Waals surface area (Å²) >= 11 is 24.1. The van der Waals surface area contributed by atoms with Gasteiger partial charge in [0, 0.05) is 30.2 Å². The molecule has 1 N–H and O–H groups in total. The van der Waals surface area contributed by atoms with E-state index in [2.05, 4.69) is 25.2 Å². The Morgan fingerprint density at radius 2 is 1.88 bits per heavy atom.